The van der Waals surface area contributed by atoms with E-state index in [9.17, 15) is 4.79 Å². The summed E-state index contributed by atoms with van der Waals surface area (Å²) in [6.07, 6.45) is 1.78. The van der Waals surface area contributed by atoms with Gasteiger partial charge in [0.2, 0.25) is 6.79 Å². The highest BCUT2D eigenvalue weighted by atomic mass is 16.7. The first-order valence-electron chi connectivity index (χ1n) is 11.3. The Morgan fingerprint density at radius 2 is 1.77 bits per heavy atom. The van der Waals surface area contributed by atoms with Gasteiger partial charge >= 0.3 is 0 Å². The van der Waals surface area contributed by atoms with E-state index in [0.29, 0.717) is 48.2 Å². The van der Waals surface area contributed by atoms with E-state index in [1.54, 1.807) is 30.1 Å². The highest BCUT2D eigenvalue weighted by Gasteiger charge is 2.18. The number of nitrogens with zero attached hydrogens (tertiary/aromatic N) is 2. The first-order chi connectivity index (χ1) is 17.2. The van der Waals surface area contributed by atoms with Crippen molar-refractivity contribution in [2.75, 3.05) is 27.1 Å². The lowest BCUT2D eigenvalue weighted by Gasteiger charge is -2.09. The third-order valence-corrected chi connectivity index (χ3v) is 5.56. The van der Waals surface area contributed by atoms with Gasteiger partial charge in [0.1, 0.15) is 23.8 Å². The van der Waals surface area contributed by atoms with Crippen LogP contribution >= 0.6 is 0 Å². The first-order valence-corrected chi connectivity index (χ1v) is 11.3. The molecule has 3 aromatic carbocycles. The number of benzene rings is 3. The second kappa shape index (κ2) is 10.2. The standard InChI is InChI=1S/C27H25N3O5/c1-32-21-9-7-20(8-10-21)26-23(17-30(29-26)16-19-5-3-2-4-6-19)27(31)28-13-14-33-22-11-12-24-25(15-22)35-18-34-24/h2-12,15,17H,13-14,16,18H2,1H3,(H,28,31). The fourth-order valence-corrected chi connectivity index (χ4v) is 3.80. The maximum atomic E-state index is 13.1. The van der Waals surface area contributed by atoms with Crippen molar-refractivity contribution in [2.24, 2.45) is 0 Å². The van der Waals surface area contributed by atoms with Gasteiger partial charge in [-0.2, -0.15) is 5.10 Å². The summed E-state index contributed by atoms with van der Waals surface area (Å²) < 4.78 is 23.5. The maximum absolute atomic E-state index is 13.1. The normalized spacial score (nSPS) is 11.8. The predicted octanol–water partition coefficient (Wildman–Crippen LogP) is 4.14. The van der Waals surface area contributed by atoms with E-state index in [4.69, 9.17) is 24.0 Å². The lowest BCUT2D eigenvalue weighted by Crippen LogP contribution is -2.28. The fraction of sp³-hybridized carbons (Fsp3) is 0.185. The molecule has 0 saturated carbocycles. The molecule has 0 aliphatic carbocycles. The Labute approximate surface area is 203 Å². The molecule has 4 aromatic rings. The average Bonchev–Trinajstić information content (AvgIpc) is 3.54. The highest BCUT2D eigenvalue weighted by Crippen LogP contribution is 2.35. The molecule has 8 nitrogen and oxygen atoms in total. The largest absolute Gasteiger partial charge is 0.497 e. The maximum Gasteiger partial charge on any atom is 0.255 e. The van der Waals surface area contributed by atoms with Crippen LogP contribution in [0.5, 0.6) is 23.0 Å². The fourth-order valence-electron chi connectivity index (χ4n) is 3.80. The van der Waals surface area contributed by atoms with Crippen molar-refractivity contribution in [3.05, 3.63) is 90.1 Å². The topological polar surface area (TPSA) is 83.8 Å². The number of ether oxygens (including phenoxy) is 4. The Morgan fingerprint density at radius 1 is 1.00 bits per heavy atom. The molecule has 2 heterocycles. The van der Waals surface area contributed by atoms with E-state index in [-0.39, 0.29) is 12.7 Å². The molecule has 1 aliphatic heterocycles. The Morgan fingerprint density at radius 3 is 2.57 bits per heavy atom. The Bertz CT molecular complexity index is 1300. The molecule has 1 aliphatic rings. The molecule has 0 bridgehead atoms. The average molecular weight is 472 g/mol. The molecule has 1 aromatic heterocycles. The van der Waals surface area contributed by atoms with Crippen LogP contribution < -0.4 is 24.3 Å². The molecule has 0 fully saturated rings. The van der Waals surface area contributed by atoms with E-state index in [2.05, 4.69) is 5.32 Å². The molecule has 0 radical (unpaired) electrons. The predicted molar refractivity (Wildman–Crippen MR) is 130 cm³/mol. The van der Waals surface area contributed by atoms with Crippen LogP contribution in [0.15, 0.2) is 79.0 Å². The van der Waals surface area contributed by atoms with Gasteiger partial charge in [0.05, 0.1) is 25.8 Å². The molecule has 1 N–H and O–H groups in total. The monoisotopic (exact) mass is 471 g/mol. The van der Waals surface area contributed by atoms with E-state index < -0.39 is 0 Å². The van der Waals surface area contributed by atoms with Crippen LogP contribution in [-0.2, 0) is 6.54 Å². The summed E-state index contributed by atoms with van der Waals surface area (Å²) in [5.74, 6) is 2.53. The van der Waals surface area contributed by atoms with Crippen molar-refractivity contribution in [2.45, 2.75) is 6.54 Å². The number of nitrogens with one attached hydrogen (secondary N) is 1. The number of methoxy groups -OCH3 is 1. The first kappa shape index (κ1) is 22.3. The summed E-state index contributed by atoms with van der Waals surface area (Å²) in [5, 5.41) is 7.65. The van der Waals surface area contributed by atoms with E-state index in [1.165, 1.54) is 0 Å². The van der Waals surface area contributed by atoms with E-state index in [0.717, 1.165) is 16.9 Å². The minimum Gasteiger partial charge on any atom is -0.497 e. The van der Waals surface area contributed by atoms with Crippen LogP contribution in [0.1, 0.15) is 15.9 Å². The van der Waals surface area contributed by atoms with Gasteiger partial charge in [-0.05, 0) is 42.0 Å². The van der Waals surface area contributed by atoms with E-state index >= 15 is 0 Å². The molecule has 5 rings (SSSR count). The molecule has 0 atom stereocenters. The summed E-state index contributed by atoms with van der Waals surface area (Å²) in [6.45, 7) is 1.41. The van der Waals surface area contributed by atoms with Gasteiger partial charge in [0.25, 0.3) is 5.91 Å². The number of aromatic nitrogens is 2. The smallest absolute Gasteiger partial charge is 0.255 e. The zero-order chi connectivity index (χ0) is 24.0. The van der Waals surface area contributed by atoms with Crippen molar-refractivity contribution >= 4 is 5.91 Å². The van der Waals surface area contributed by atoms with Crippen LogP contribution in [0.3, 0.4) is 0 Å². The minimum atomic E-state index is -0.218. The quantitative estimate of drug-likeness (QED) is 0.370. The Balaban J connectivity index is 1.28. The van der Waals surface area contributed by atoms with Gasteiger partial charge in [-0.1, -0.05) is 30.3 Å². The van der Waals surface area contributed by atoms with Gasteiger partial charge in [0.15, 0.2) is 11.5 Å². The van der Waals surface area contributed by atoms with Crippen molar-refractivity contribution in [1.29, 1.82) is 0 Å². The van der Waals surface area contributed by atoms with Gasteiger partial charge in [-0.3, -0.25) is 9.48 Å². The van der Waals surface area contributed by atoms with Crippen molar-refractivity contribution in [1.82, 2.24) is 15.1 Å². The van der Waals surface area contributed by atoms with Gasteiger partial charge < -0.3 is 24.3 Å². The number of carbonyl (C=O) groups is 1. The molecule has 1 amide bonds. The number of rotatable bonds is 9. The highest BCUT2D eigenvalue weighted by molar-refractivity contribution is 5.99. The molecule has 0 unspecified atom stereocenters. The van der Waals surface area contributed by atoms with Crippen LogP contribution in [0.2, 0.25) is 0 Å². The number of fused-ring (bicyclic) bond motifs is 1. The molecular formula is C27H25N3O5. The second-order valence-corrected chi connectivity index (χ2v) is 7.92. The van der Waals surface area contributed by atoms with Crippen molar-refractivity contribution in [3.63, 3.8) is 0 Å². The van der Waals surface area contributed by atoms with Gasteiger partial charge in [-0.25, -0.2) is 0 Å². The molecular weight excluding hydrogens is 446 g/mol. The minimum absolute atomic E-state index is 0.212. The lowest BCUT2D eigenvalue weighted by molar-refractivity contribution is 0.0947. The molecule has 0 saturated heterocycles. The van der Waals surface area contributed by atoms with Crippen LogP contribution in [0.25, 0.3) is 11.3 Å². The summed E-state index contributed by atoms with van der Waals surface area (Å²) in [4.78, 5) is 13.1. The van der Waals surface area contributed by atoms with Gasteiger partial charge in [0, 0.05) is 17.8 Å². The Hall–Kier alpha value is -4.46. The van der Waals surface area contributed by atoms with Crippen molar-refractivity contribution < 1.29 is 23.7 Å². The summed E-state index contributed by atoms with van der Waals surface area (Å²) >= 11 is 0. The zero-order valence-electron chi connectivity index (χ0n) is 19.3. The number of amides is 1. The number of hydrogen-bond acceptors (Lipinski definition) is 6. The molecule has 0 spiro atoms. The summed E-state index contributed by atoms with van der Waals surface area (Å²) in [7, 11) is 1.62. The third-order valence-electron chi connectivity index (χ3n) is 5.56. The SMILES string of the molecule is COc1ccc(-c2nn(Cc3ccccc3)cc2C(=O)NCCOc2ccc3c(c2)OCO3)cc1. The molecule has 178 valence electrons. The summed E-state index contributed by atoms with van der Waals surface area (Å²) in [6, 6.07) is 22.9. The second-order valence-electron chi connectivity index (χ2n) is 7.92. The van der Waals surface area contributed by atoms with Crippen molar-refractivity contribution in [3.8, 4) is 34.3 Å². The van der Waals surface area contributed by atoms with Crippen LogP contribution in [0.4, 0.5) is 0 Å². The van der Waals surface area contributed by atoms with Gasteiger partial charge in [-0.15, -0.1) is 0 Å². The third kappa shape index (κ3) is 5.22. The summed E-state index contributed by atoms with van der Waals surface area (Å²) in [5.41, 5.74) is 3.03. The molecule has 35 heavy (non-hydrogen) atoms. The van der Waals surface area contributed by atoms with E-state index in [1.807, 2.05) is 60.7 Å². The zero-order valence-corrected chi connectivity index (χ0v) is 19.3. The van der Waals surface area contributed by atoms with Crippen LogP contribution in [0, 0.1) is 0 Å². The number of hydrogen-bond donors (Lipinski definition) is 1. The molecule has 8 heteroatoms. The number of carbonyl (C=O) groups excluding carboxylic acids is 1. The Kier molecular flexibility index (Phi) is 6.52. The van der Waals surface area contributed by atoms with Crippen LogP contribution in [-0.4, -0.2) is 42.7 Å². The lowest BCUT2D eigenvalue weighted by atomic mass is 10.1.